The maximum Gasteiger partial charge on any atom is 0.235 e. The lowest BCUT2D eigenvalue weighted by Gasteiger charge is -2.11. The van der Waals surface area contributed by atoms with E-state index in [4.69, 9.17) is 11.6 Å². The Morgan fingerprint density at radius 2 is 2.15 bits per heavy atom. The maximum atomic E-state index is 12.3. The van der Waals surface area contributed by atoms with Crippen LogP contribution in [0, 0.1) is 6.92 Å². The molecule has 0 fully saturated rings. The van der Waals surface area contributed by atoms with E-state index in [9.17, 15) is 4.79 Å². The van der Waals surface area contributed by atoms with Crippen LogP contribution >= 0.6 is 34.7 Å². The number of rotatable bonds is 4. The van der Waals surface area contributed by atoms with Gasteiger partial charge >= 0.3 is 0 Å². The first-order chi connectivity index (χ1) is 12.6. The molecule has 0 saturated carbocycles. The Hall–Kier alpha value is -1.70. The van der Waals surface area contributed by atoms with Gasteiger partial charge in [0.05, 0.1) is 10.8 Å². The topological polar surface area (TPSA) is 67.8 Å². The molecular formula is C18H17ClN4OS2. The van der Waals surface area contributed by atoms with Crippen LogP contribution in [0.4, 0.5) is 5.82 Å². The zero-order chi connectivity index (χ0) is 18.1. The summed E-state index contributed by atoms with van der Waals surface area (Å²) < 4.78 is 0. The summed E-state index contributed by atoms with van der Waals surface area (Å²) in [5.74, 6) is 1.41. The van der Waals surface area contributed by atoms with E-state index in [-0.39, 0.29) is 11.7 Å². The minimum atomic E-state index is -0.113. The van der Waals surface area contributed by atoms with Crippen molar-refractivity contribution in [3.8, 4) is 0 Å². The summed E-state index contributed by atoms with van der Waals surface area (Å²) in [6, 6.07) is 3.39. The fraction of sp³-hybridized carbons (Fsp3) is 0.333. The number of hydrogen-bond acceptors (Lipinski definition) is 6. The van der Waals surface area contributed by atoms with Crippen molar-refractivity contribution in [2.75, 3.05) is 11.1 Å². The van der Waals surface area contributed by atoms with E-state index < -0.39 is 0 Å². The number of thiophene rings is 1. The van der Waals surface area contributed by atoms with Gasteiger partial charge in [0.2, 0.25) is 5.91 Å². The summed E-state index contributed by atoms with van der Waals surface area (Å²) in [6.45, 7) is 1.90. The van der Waals surface area contributed by atoms with Crippen molar-refractivity contribution in [3.05, 3.63) is 39.6 Å². The van der Waals surface area contributed by atoms with E-state index in [0.717, 1.165) is 33.9 Å². The predicted molar refractivity (Wildman–Crippen MR) is 107 cm³/mol. The number of halogens is 1. The molecule has 8 heteroatoms. The first kappa shape index (κ1) is 17.7. The average molecular weight is 405 g/mol. The van der Waals surface area contributed by atoms with Crippen molar-refractivity contribution >= 4 is 56.6 Å². The maximum absolute atomic E-state index is 12.3. The summed E-state index contributed by atoms with van der Waals surface area (Å²) in [5.41, 5.74) is 1.39. The highest BCUT2D eigenvalue weighted by Crippen LogP contribution is 2.39. The quantitative estimate of drug-likeness (QED) is 0.506. The Morgan fingerprint density at radius 3 is 2.96 bits per heavy atom. The number of thioether (sulfide) groups is 1. The van der Waals surface area contributed by atoms with Crippen LogP contribution < -0.4 is 5.32 Å². The SMILES string of the molecule is Cc1nc(SCC(=O)Nc2ccc(Cl)cn2)c2c3c(sc2n1)CCCC3. The van der Waals surface area contributed by atoms with Crippen molar-refractivity contribution < 1.29 is 4.79 Å². The van der Waals surface area contributed by atoms with Gasteiger partial charge in [0, 0.05) is 16.5 Å². The van der Waals surface area contributed by atoms with Gasteiger partial charge in [-0.2, -0.15) is 0 Å². The van der Waals surface area contributed by atoms with Crippen LogP contribution in [0.1, 0.15) is 29.1 Å². The van der Waals surface area contributed by atoms with E-state index in [1.807, 2.05) is 6.92 Å². The van der Waals surface area contributed by atoms with Gasteiger partial charge in [0.15, 0.2) is 0 Å². The molecule has 0 unspecified atom stereocenters. The third-order valence-corrected chi connectivity index (χ3v) is 6.61. The second-order valence-electron chi connectivity index (χ2n) is 6.17. The molecule has 4 rings (SSSR count). The van der Waals surface area contributed by atoms with Gasteiger partial charge in [0.1, 0.15) is 21.5 Å². The van der Waals surface area contributed by atoms with E-state index in [2.05, 4.69) is 20.3 Å². The van der Waals surface area contributed by atoms with Crippen LogP contribution in [0.5, 0.6) is 0 Å². The molecule has 3 heterocycles. The van der Waals surface area contributed by atoms with Crippen LogP contribution in [0.15, 0.2) is 23.4 Å². The summed E-state index contributed by atoms with van der Waals surface area (Å²) >= 11 is 9.05. The molecule has 0 bridgehead atoms. The van der Waals surface area contributed by atoms with Gasteiger partial charge in [-0.3, -0.25) is 4.79 Å². The molecule has 1 aliphatic carbocycles. The number of carbonyl (C=O) groups is 1. The fourth-order valence-corrected chi connectivity index (χ4v) is 5.48. The first-order valence-corrected chi connectivity index (χ1v) is 10.6. The fourth-order valence-electron chi connectivity index (χ4n) is 3.09. The Kier molecular flexibility index (Phi) is 5.11. The number of fused-ring (bicyclic) bond motifs is 3. The minimum absolute atomic E-state index is 0.113. The number of carbonyl (C=O) groups excluding carboxylic acids is 1. The molecule has 0 radical (unpaired) electrons. The normalized spacial score (nSPS) is 13.6. The Morgan fingerprint density at radius 1 is 1.31 bits per heavy atom. The van der Waals surface area contributed by atoms with Crippen molar-refractivity contribution in [2.24, 2.45) is 0 Å². The molecule has 0 aromatic carbocycles. The third kappa shape index (κ3) is 3.70. The van der Waals surface area contributed by atoms with Crippen molar-refractivity contribution in [2.45, 2.75) is 37.6 Å². The van der Waals surface area contributed by atoms with Crippen molar-refractivity contribution in [1.82, 2.24) is 15.0 Å². The van der Waals surface area contributed by atoms with Gasteiger partial charge in [-0.15, -0.1) is 11.3 Å². The monoisotopic (exact) mass is 404 g/mol. The van der Waals surface area contributed by atoms with Crippen LogP contribution in [-0.4, -0.2) is 26.6 Å². The predicted octanol–water partition coefficient (Wildman–Crippen LogP) is 4.66. The Balaban J connectivity index is 1.54. The van der Waals surface area contributed by atoms with E-state index in [0.29, 0.717) is 10.8 Å². The van der Waals surface area contributed by atoms with E-state index >= 15 is 0 Å². The number of nitrogens with zero attached hydrogens (tertiary/aromatic N) is 3. The van der Waals surface area contributed by atoms with Gasteiger partial charge in [-0.1, -0.05) is 23.4 Å². The van der Waals surface area contributed by atoms with Gasteiger partial charge in [-0.05, 0) is 50.3 Å². The zero-order valence-corrected chi connectivity index (χ0v) is 16.6. The summed E-state index contributed by atoms with van der Waals surface area (Å²) in [7, 11) is 0. The minimum Gasteiger partial charge on any atom is -0.310 e. The van der Waals surface area contributed by atoms with Gasteiger partial charge in [-0.25, -0.2) is 15.0 Å². The average Bonchev–Trinajstić information content (AvgIpc) is 2.99. The Labute approximate surface area is 164 Å². The lowest BCUT2D eigenvalue weighted by molar-refractivity contribution is -0.113. The summed E-state index contributed by atoms with van der Waals surface area (Å²) in [5, 5.41) is 5.39. The molecule has 1 N–H and O–H groups in total. The summed E-state index contributed by atoms with van der Waals surface area (Å²) in [6.07, 6.45) is 6.17. The highest BCUT2D eigenvalue weighted by Gasteiger charge is 2.21. The molecule has 1 aliphatic rings. The molecule has 0 spiro atoms. The smallest absolute Gasteiger partial charge is 0.235 e. The molecule has 5 nitrogen and oxygen atoms in total. The Bertz CT molecular complexity index is 971. The number of aryl methyl sites for hydroxylation is 3. The van der Waals surface area contributed by atoms with E-state index in [1.54, 1.807) is 23.5 Å². The number of hydrogen-bond donors (Lipinski definition) is 1. The van der Waals surface area contributed by atoms with Crippen LogP contribution in [0.2, 0.25) is 5.02 Å². The molecule has 3 aromatic rings. The molecule has 26 heavy (non-hydrogen) atoms. The molecule has 1 amide bonds. The lowest BCUT2D eigenvalue weighted by atomic mass is 9.97. The van der Waals surface area contributed by atoms with Gasteiger partial charge in [0.25, 0.3) is 0 Å². The molecule has 0 aliphatic heterocycles. The second kappa shape index (κ2) is 7.50. The summed E-state index contributed by atoms with van der Waals surface area (Å²) in [4.78, 5) is 28.1. The molecular weight excluding hydrogens is 388 g/mol. The number of pyridine rings is 1. The second-order valence-corrected chi connectivity index (χ2v) is 8.65. The lowest BCUT2D eigenvalue weighted by Crippen LogP contribution is -2.15. The van der Waals surface area contributed by atoms with Crippen LogP contribution in [-0.2, 0) is 17.6 Å². The highest BCUT2D eigenvalue weighted by atomic mass is 35.5. The van der Waals surface area contributed by atoms with Crippen molar-refractivity contribution in [3.63, 3.8) is 0 Å². The number of nitrogens with one attached hydrogen (secondary N) is 1. The zero-order valence-electron chi connectivity index (χ0n) is 14.2. The van der Waals surface area contributed by atoms with Crippen LogP contribution in [0.3, 0.4) is 0 Å². The first-order valence-electron chi connectivity index (χ1n) is 8.43. The van der Waals surface area contributed by atoms with E-state index in [1.165, 1.54) is 41.2 Å². The van der Waals surface area contributed by atoms with Gasteiger partial charge < -0.3 is 5.32 Å². The standard InChI is InChI=1S/C18H17ClN4OS2/c1-10-21-17(16-12-4-2-3-5-13(12)26-18(16)22-10)25-9-15(24)23-14-7-6-11(19)8-20-14/h6-8H,2-5,9H2,1H3,(H,20,23,24). The largest absolute Gasteiger partial charge is 0.310 e. The molecule has 0 atom stereocenters. The highest BCUT2D eigenvalue weighted by molar-refractivity contribution is 8.00. The number of aromatic nitrogens is 3. The molecule has 134 valence electrons. The van der Waals surface area contributed by atoms with Crippen LogP contribution in [0.25, 0.3) is 10.2 Å². The van der Waals surface area contributed by atoms with Crippen molar-refractivity contribution in [1.29, 1.82) is 0 Å². The number of amides is 1. The number of anilines is 1. The third-order valence-electron chi connectivity index (χ3n) is 4.23. The molecule has 3 aromatic heterocycles. The molecule has 0 saturated heterocycles.